The summed E-state index contributed by atoms with van der Waals surface area (Å²) in [7, 11) is -3.68. The minimum Gasteiger partial charge on any atom is -0.491 e. The number of sulfonamides is 1. The lowest BCUT2D eigenvalue weighted by molar-refractivity contribution is 0.0765. The predicted octanol–water partition coefficient (Wildman–Crippen LogP) is 3.14. The van der Waals surface area contributed by atoms with Crippen molar-refractivity contribution in [3.8, 4) is 5.75 Å². The van der Waals surface area contributed by atoms with E-state index in [-0.39, 0.29) is 11.7 Å². The van der Waals surface area contributed by atoms with Gasteiger partial charge in [-0.15, -0.1) is 0 Å². The fraction of sp³-hybridized carbons (Fsp3) is 0.278. The molecule has 138 valence electrons. The van der Waals surface area contributed by atoms with Crippen molar-refractivity contribution in [1.29, 1.82) is 0 Å². The van der Waals surface area contributed by atoms with Gasteiger partial charge in [-0.2, -0.15) is 0 Å². The Hall–Kier alpha value is -2.25. The molecule has 0 saturated carbocycles. The van der Waals surface area contributed by atoms with Crippen molar-refractivity contribution in [2.75, 3.05) is 24.4 Å². The van der Waals surface area contributed by atoms with E-state index in [4.69, 9.17) is 16.3 Å². The number of halogens is 1. The summed E-state index contributed by atoms with van der Waals surface area (Å²) in [5.74, 6) is 0.0297. The van der Waals surface area contributed by atoms with Crippen molar-refractivity contribution in [3.63, 3.8) is 0 Å². The summed E-state index contributed by atoms with van der Waals surface area (Å²) in [4.78, 5) is 14.2. The number of benzene rings is 2. The first-order valence-corrected chi connectivity index (χ1v) is 10.2. The fourth-order valence-electron chi connectivity index (χ4n) is 2.76. The normalized spacial score (nSPS) is 14.4. The van der Waals surface area contributed by atoms with E-state index in [1.54, 1.807) is 41.3 Å². The highest BCUT2D eigenvalue weighted by Gasteiger charge is 2.23. The molecule has 6 nitrogen and oxygen atoms in total. The first-order valence-electron chi connectivity index (χ1n) is 8.19. The van der Waals surface area contributed by atoms with E-state index in [1.807, 2.05) is 6.92 Å². The number of nitrogens with one attached hydrogen (secondary N) is 1. The third-order valence-electron chi connectivity index (χ3n) is 4.07. The lowest BCUT2D eigenvalue weighted by Gasteiger charge is -2.17. The Bertz CT molecular complexity index is 931. The molecule has 3 rings (SSSR count). The van der Waals surface area contributed by atoms with Gasteiger partial charge in [-0.1, -0.05) is 29.8 Å². The number of hydrogen-bond donors (Lipinski definition) is 1. The van der Waals surface area contributed by atoms with Gasteiger partial charge in [0.1, 0.15) is 12.4 Å². The third kappa shape index (κ3) is 4.11. The lowest BCUT2D eigenvalue weighted by Crippen LogP contribution is -2.32. The van der Waals surface area contributed by atoms with Crippen LogP contribution in [0.4, 0.5) is 5.69 Å². The van der Waals surface area contributed by atoms with Gasteiger partial charge in [0.05, 0.1) is 17.9 Å². The number of likely N-dealkylation sites (N-methyl/N-ethyl adjacent to an activating group) is 1. The Morgan fingerprint density at radius 3 is 2.73 bits per heavy atom. The van der Waals surface area contributed by atoms with Gasteiger partial charge in [0.25, 0.3) is 5.91 Å². The number of nitrogens with zero attached hydrogens (tertiary/aromatic N) is 1. The maximum Gasteiger partial charge on any atom is 0.257 e. The molecule has 1 aliphatic rings. The zero-order valence-electron chi connectivity index (χ0n) is 14.2. The van der Waals surface area contributed by atoms with E-state index in [1.165, 1.54) is 6.07 Å². The molecule has 8 heteroatoms. The van der Waals surface area contributed by atoms with E-state index in [9.17, 15) is 13.2 Å². The van der Waals surface area contributed by atoms with Gasteiger partial charge >= 0.3 is 0 Å². The number of rotatable bonds is 5. The summed E-state index contributed by atoms with van der Waals surface area (Å²) in [6.07, 6.45) is 0. The number of carbonyl (C=O) groups is 1. The molecule has 26 heavy (non-hydrogen) atoms. The largest absolute Gasteiger partial charge is 0.491 e. The second-order valence-corrected chi connectivity index (χ2v) is 8.03. The molecule has 1 heterocycles. The minimum atomic E-state index is -3.68. The van der Waals surface area contributed by atoms with Gasteiger partial charge in [-0.3, -0.25) is 9.52 Å². The van der Waals surface area contributed by atoms with Gasteiger partial charge in [0, 0.05) is 17.3 Å². The van der Waals surface area contributed by atoms with Crippen molar-refractivity contribution in [2.24, 2.45) is 0 Å². The smallest absolute Gasteiger partial charge is 0.257 e. The zero-order valence-corrected chi connectivity index (χ0v) is 15.8. The summed E-state index contributed by atoms with van der Waals surface area (Å²) in [6, 6.07) is 11.5. The quantitative estimate of drug-likeness (QED) is 0.845. The van der Waals surface area contributed by atoms with Gasteiger partial charge < -0.3 is 9.64 Å². The zero-order chi connectivity index (χ0) is 18.7. The average Bonchev–Trinajstić information content (AvgIpc) is 2.75. The third-order valence-corrected chi connectivity index (χ3v) is 5.68. The predicted molar refractivity (Wildman–Crippen MR) is 101 cm³/mol. The van der Waals surface area contributed by atoms with E-state index >= 15 is 0 Å². The van der Waals surface area contributed by atoms with Crippen molar-refractivity contribution in [1.82, 2.24) is 4.90 Å². The molecule has 1 aliphatic heterocycles. The molecule has 0 spiro atoms. The summed E-state index contributed by atoms with van der Waals surface area (Å²) in [5, 5.41) is 0.391. The van der Waals surface area contributed by atoms with Crippen LogP contribution in [0.25, 0.3) is 0 Å². The molecule has 0 aromatic heterocycles. The lowest BCUT2D eigenvalue weighted by atomic mass is 10.1. The topological polar surface area (TPSA) is 75.7 Å². The molecule has 2 aromatic carbocycles. The fourth-order valence-corrected chi connectivity index (χ4v) is 4.26. The number of amides is 1. The molecule has 0 saturated heterocycles. The van der Waals surface area contributed by atoms with E-state index in [0.717, 1.165) is 0 Å². The highest BCUT2D eigenvalue weighted by Crippen LogP contribution is 2.27. The molecule has 0 bridgehead atoms. The van der Waals surface area contributed by atoms with Crippen LogP contribution >= 0.6 is 11.6 Å². The molecule has 1 N–H and O–H groups in total. The van der Waals surface area contributed by atoms with Crippen LogP contribution in [0.2, 0.25) is 5.02 Å². The Kier molecular flexibility index (Phi) is 5.38. The highest BCUT2D eigenvalue weighted by molar-refractivity contribution is 7.91. The second kappa shape index (κ2) is 7.55. The number of anilines is 1. The minimum absolute atomic E-state index is 0.174. The van der Waals surface area contributed by atoms with Gasteiger partial charge in [-0.05, 0) is 36.8 Å². The van der Waals surface area contributed by atoms with Crippen LogP contribution in [0.5, 0.6) is 5.75 Å². The van der Waals surface area contributed by atoms with Crippen LogP contribution in [-0.4, -0.2) is 38.9 Å². The Morgan fingerprint density at radius 2 is 2.00 bits per heavy atom. The first kappa shape index (κ1) is 18.5. The second-order valence-electron chi connectivity index (χ2n) is 5.90. The van der Waals surface area contributed by atoms with Crippen molar-refractivity contribution < 1.29 is 17.9 Å². The molecule has 1 amide bonds. The number of ether oxygens (including phenoxy) is 1. The van der Waals surface area contributed by atoms with Gasteiger partial charge in [-0.25, -0.2) is 8.42 Å². The van der Waals surface area contributed by atoms with Crippen LogP contribution in [0.3, 0.4) is 0 Å². The Labute approximate surface area is 157 Å². The monoisotopic (exact) mass is 394 g/mol. The SMILES string of the molecule is CCN1CCOc2ccc(NS(=O)(=O)Cc3ccccc3Cl)cc2C1=O. The Balaban J connectivity index is 1.84. The molecule has 0 fully saturated rings. The molecular weight excluding hydrogens is 376 g/mol. The standard InChI is InChI=1S/C18H19ClN2O4S/c1-2-21-9-10-25-17-8-7-14(11-15(17)18(21)22)20-26(23,24)12-13-5-3-4-6-16(13)19/h3-8,11,20H,2,9-10,12H2,1H3. The van der Waals surface area contributed by atoms with Crippen LogP contribution in [0.15, 0.2) is 42.5 Å². The molecule has 2 aromatic rings. The molecule has 0 radical (unpaired) electrons. The van der Waals surface area contributed by atoms with E-state index in [0.29, 0.717) is 47.3 Å². The van der Waals surface area contributed by atoms with Crippen molar-refractivity contribution in [2.45, 2.75) is 12.7 Å². The van der Waals surface area contributed by atoms with Crippen LogP contribution in [0, 0.1) is 0 Å². The first-order chi connectivity index (χ1) is 12.4. The Morgan fingerprint density at radius 1 is 1.23 bits per heavy atom. The van der Waals surface area contributed by atoms with E-state index in [2.05, 4.69) is 4.72 Å². The van der Waals surface area contributed by atoms with Crippen molar-refractivity contribution >= 4 is 33.2 Å². The van der Waals surface area contributed by atoms with E-state index < -0.39 is 10.0 Å². The summed E-state index contributed by atoms with van der Waals surface area (Å²) < 4.78 is 33.0. The summed E-state index contributed by atoms with van der Waals surface area (Å²) >= 11 is 6.04. The maximum atomic E-state index is 12.6. The molecule has 0 atom stereocenters. The highest BCUT2D eigenvalue weighted by atomic mass is 35.5. The molecule has 0 aliphatic carbocycles. The van der Waals surface area contributed by atoms with Crippen LogP contribution in [0.1, 0.15) is 22.8 Å². The summed E-state index contributed by atoms with van der Waals surface area (Å²) in [5.41, 5.74) is 1.17. The average molecular weight is 395 g/mol. The summed E-state index contributed by atoms with van der Waals surface area (Å²) in [6.45, 7) is 3.35. The van der Waals surface area contributed by atoms with Crippen molar-refractivity contribution in [3.05, 3.63) is 58.6 Å². The molecular formula is C18H19ClN2O4S. The van der Waals surface area contributed by atoms with Gasteiger partial charge in [0.15, 0.2) is 0 Å². The maximum absolute atomic E-state index is 12.6. The van der Waals surface area contributed by atoms with Crippen LogP contribution < -0.4 is 9.46 Å². The van der Waals surface area contributed by atoms with Crippen LogP contribution in [-0.2, 0) is 15.8 Å². The number of fused-ring (bicyclic) bond motifs is 1. The molecule has 0 unspecified atom stereocenters. The van der Waals surface area contributed by atoms with Gasteiger partial charge in [0.2, 0.25) is 10.0 Å². The number of hydrogen-bond acceptors (Lipinski definition) is 4. The number of carbonyl (C=O) groups excluding carboxylic acids is 1.